The van der Waals surface area contributed by atoms with E-state index >= 15 is 0 Å². The molecule has 0 aromatic carbocycles. The first kappa shape index (κ1) is 24.8. The summed E-state index contributed by atoms with van der Waals surface area (Å²) < 4.78 is 88.5. The second-order valence-electron chi connectivity index (χ2n) is 9.55. The summed E-state index contributed by atoms with van der Waals surface area (Å²) in [7, 11) is 0. The number of aldehydes is 1. The minimum absolute atomic E-state index is 0.186. The molecule has 180 valence electrons. The number of carbonyl (C=O) groups is 1. The van der Waals surface area contributed by atoms with Crippen LogP contribution in [0.2, 0.25) is 0 Å². The highest BCUT2D eigenvalue weighted by Crippen LogP contribution is 2.47. The fourth-order valence-corrected chi connectivity index (χ4v) is 6.00. The molecule has 2 aliphatic carbocycles. The van der Waals surface area contributed by atoms with Crippen LogP contribution in [-0.2, 0) is 9.53 Å². The Morgan fingerprint density at radius 1 is 0.968 bits per heavy atom. The van der Waals surface area contributed by atoms with Gasteiger partial charge in [-0.25, -0.2) is 13.2 Å². The molecule has 1 saturated heterocycles. The minimum atomic E-state index is -4.75. The number of alkyl halides is 6. The van der Waals surface area contributed by atoms with Gasteiger partial charge in [0, 0.05) is 18.4 Å². The van der Waals surface area contributed by atoms with E-state index in [1.807, 2.05) is 5.32 Å². The monoisotopic (exact) mass is 457 g/mol. The van der Waals surface area contributed by atoms with Gasteiger partial charge in [0.1, 0.15) is 18.5 Å². The quantitative estimate of drug-likeness (QED) is 0.415. The normalized spacial score (nSPS) is 38.4. The fraction of sp³-hybridized carbons (Fsp3) is 0.955. The second-order valence-corrected chi connectivity index (χ2v) is 9.55. The third-order valence-electron chi connectivity index (χ3n) is 7.57. The van der Waals surface area contributed by atoms with Gasteiger partial charge in [0.05, 0.1) is 12.6 Å². The minimum Gasteiger partial charge on any atom is -0.381 e. The summed E-state index contributed by atoms with van der Waals surface area (Å²) in [6.45, 7) is 0.100. The van der Waals surface area contributed by atoms with Crippen LogP contribution in [0.25, 0.3) is 0 Å². The van der Waals surface area contributed by atoms with Crippen molar-refractivity contribution in [1.82, 2.24) is 5.32 Å². The summed E-state index contributed by atoms with van der Waals surface area (Å²) in [6, 6.07) is -4.05. The molecule has 9 heteroatoms. The van der Waals surface area contributed by atoms with Gasteiger partial charge in [-0.05, 0) is 56.3 Å². The largest absolute Gasteiger partial charge is 0.404 e. The Morgan fingerprint density at radius 2 is 1.61 bits per heavy atom. The summed E-state index contributed by atoms with van der Waals surface area (Å²) >= 11 is 0. The molecule has 0 spiro atoms. The Morgan fingerprint density at radius 3 is 2.16 bits per heavy atom. The van der Waals surface area contributed by atoms with E-state index in [1.165, 1.54) is 0 Å². The summed E-state index contributed by atoms with van der Waals surface area (Å²) in [6.07, 6.45) is -2.31. The molecule has 1 heterocycles. The predicted molar refractivity (Wildman–Crippen MR) is 104 cm³/mol. The number of carbonyl (C=O) groups excluding carboxylic acids is 1. The number of ether oxygens (including phenoxy) is 1. The molecule has 3 nitrogen and oxygen atoms in total. The van der Waals surface area contributed by atoms with Gasteiger partial charge in [-0.15, -0.1) is 0 Å². The smallest absolute Gasteiger partial charge is 0.381 e. The van der Waals surface area contributed by atoms with Gasteiger partial charge in [0.25, 0.3) is 6.43 Å². The number of piperidine rings is 1. The lowest BCUT2D eigenvalue weighted by atomic mass is 9.62. The van der Waals surface area contributed by atoms with Gasteiger partial charge >= 0.3 is 6.18 Å². The van der Waals surface area contributed by atoms with Crippen LogP contribution in [-0.4, -0.2) is 50.4 Å². The average molecular weight is 457 g/mol. The lowest BCUT2D eigenvalue weighted by Gasteiger charge is -2.50. The number of hydrogen-bond acceptors (Lipinski definition) is 3. The maximum absolute atomic E-state index is 13.9. The van der Waals surface area contributed by atoms with Crippen LogP contribution in [0.15, 0.2) is 0 Å². The van der Waals surface area contributed by atoms with E-state index in [9.17, 15) is 31.1 Å². The van der Waals surface area contributed by atoms with Crippen molar-refractivity contribution in [1.29, 1.82) is 0 Å². The van der Waals surface area contributed by atoms with Crippen molar-refractivity contribution in [3.8, 4) is 0 Å². The summed E-state index contributed by atoms with van der Waals surface area (Å²) in [5.41, 5.74) is 0. The van der Waals surface area contributed by atoms with Crippen molar-refractivity contribution < 1.29 is 35.9 Å². The zero-order chi connectivity index (χ0) is 22.6. The summed E-state index contributed by atoms with van der Waals surface area (Å²) in [5, 5.41) is 2.05. The Hall–Kier alpha value is -0.830. The highest BCUT2D eigenvalue weighted by Gasteiger charge is 2.57. The van der Waals surface area contributed by atoms with E-state index in [0.29, 0.717) is 31.7 Å². The van der Waals surface area contributed by atoms with Gasteiger partial charge in [0.2, 0.25) is 0 Å². The van der Waals surface area contributed by atoms with Crippen molar-refractivity contribution >= 4 is 6.29 Å². The molecule has 0 bridgehead atoms. The van der Waals surface area contributed by atoms with Gasteiger partial charge in [-0.1, -0.05) is 19.3 Å². The average Bonchev–Trinajstić information content (AvgIpc) is 2.73. The second kappa shape index (κ2) is 10.9. The van der Waals surface area contributed by atoms with Crippen LogP contribution in [0.4, 0.5) is 26.3 Å². The molecule has 0 radical (unpaired) electrons. The molecular weight excluding hydrogens is 424 g/mol. The predicted octanol–water partition coefficient (Wildman–Crippen LogP) is 5.33. The van der Waals surface area contributed by atoms with E-state index in [-0.39, 0.29) is 19.4 Å². The maximum atomic E-state index is 13.9. The molecule has 0 amide bonds. The summed E-state index contributed by atoms with van der Waals surface area (Å²) in [5.74, 6) is -3.44. The molecular formula is C22H33F6NO2. The Labute approximate surface area is 179 Å². The number of nitrogens with one attached hydrogen (secondary N) is 1. The standard InChI is InChI=1S/C22H33F6NO2/c23-15-8-6-14(7-9-15)18-16(10-30)19(21(24)25)29-20(22(26,27)28)17(18)12-31-11-13-4-2-1-3-5-13/h10,13-21,29H,1-9,11-12H2. The van der Waals surface area contributed by atoms with Crippen LogP contribution < -0.4 is 5.32 Å². The van der Waals surface area contributed by atoms with Gasteiger partial charge in [0.15, 0.2) is 0 Å². The highest BCUT2D eigenvalue weighted by molar-refractivity contribution is 5.56. The SMILES string of the molecule is O=CC1C(C(F)F)NC(C(F)(F)F)C(COCC2CCCCC2)C1C1CCC(F)CC1. The third-order valence-corrected chi connectivity index (χ3v) is 7.57. The van der Waals surface area contributed by atoms with Crippen LogP contribution in [0.5, 0.6) is 0 Å². The molecule has 1 N–H and O–H groups in total. The van der Waals surface area contributed by atoms with Crippen LogP contribution in [0.1, 0.15) is 57.8 Å². The molecule has 5 atom stereocenters. The topological polar surface area (TPSA) is 38.3 Å². The number of hydrogen-bond donors (Lipinski definition) is 1. The molecule has 3 fully saturated rings. The van der Waals surface area contributed by atoms with Gasteiger partial charge in [-0.3, -0.25) is 5.32 Å². The van der Waals surface area contributed by atoms with Crippen LogP contribution >= 0.6 is 0 Å². The lowest BCUT2D eigenvalue weighted by molar-refractivity contribution is -0.204. The zero-order valence-electron chi connectivity index (χ0n) is 17.6. The van der Waals surface area contributed by atoms with E-state index in [4.69, 9.17) is 4.74 Å². The Bertz CT molecular complexity index is 561. The number of rotatable bonds is 7. The van der Waals surface area contributed by atoms with Crippen molar-refractivity contribution in [2.45, 2.75) is 88.6 Å². The molecule has 1 aliphatic heterocycles. The first-order chi connectivity index (χ1) is 14.7. The highest BCUT2D eigenvalue weighted by atomic mass is 19.4. The lowest BCUT2D eigenvalue weighted by Crippen LogP contribution is -2.66. The molecule has 2 saturated carbocycles. The molecule has 31 heavy (non-hydrogen) atoms. The van der Waals surface area contributed by atoms with E-state index < -0.39 is 54.5 Å². The van der Waals surface area contributed by atoms with Gasteiger partial charge < -0.3 is 9.53 Å². The van der Waals surface area contributed by atoms with Gasteiger partial charge in [-0.2, -0.15) is 13.2 Å². The molecule has 0 aromatic rings. The molecule has 3 aliphatic rings. The van der Waals surface area contributed by atoms with E-state index in [0.717, 1.165) is 32.1 Å². The molecule has 3 rings (SSSR count). The first-order valence-electron chi connectivity index (χ1n) is 11.5. The van der Waals surface area contributed by atoms with Crippen LogP contribution in [0, 0.1) is 29.6 Å². The first-order valence-corrected chi connectivity index (χ1v) is 11.5. The van der Waals surface area contributed by atoms with Crippen molar-refractivity contribution in [2.75, 3.05) is 13.2 Å². The Balaban J connectivity index is 1.82. The maximum Gasteiger partial charge on any atom is 0.404 e. The molecule has 5 unspecified atom stereocenters. The van der Waals surface area contributed by atoms with Crippen LogP contribution in [0.3, 0.4) is 0 Å². The fourth-order valence-electron chi connectivity index (χ4n) is 6.00. The number of halogens is 6. The van der Waals surface area contributed by atoms with Crippen molar-refractivity contribution in [3.05, 3.63) is 0 Å². The van der Waals surface area contributed by atoms with E-state index in [2.05, 4.69) is 0 Å². The summed E-state index contributed by atoms with van der Waals surface area (Å²) in [4.78, 5) is 11.8. The third kappa shape index (κ3) is 6.15. The zero-order valence-corrected chi connectivity index (χ0v) is 17.6. The molecule has 0 aromatic heterocycles. The van der Waals surface area contributed by atoms with Crippen molar-refractivity contribution in [2.24, 2.45) is 29.6 Å². The van der Waals surface area contributed by atoms with Crippen molar-refractivity contribution in [3.63, 3.8) is 0 Å². The Kier molecular flexibility index (Phi) is 8.69. The van der Waals surface area contributed by atoms with E-state index in [1.54, 1.807) is 0 Å².